The van der Waals surface area contributed by atoms with E-state index in [1.54, 1.807) is 24.4 Å². The van der Waals surface area contributed by atoms with Gasteiger partial charge in [-0.3, -0.25) is 4.40 Å². The standard InChI is InChI=1S/C11H14N4O2S/c12-10-11(15-6-2-1-3-9(15)14-10)18(16,17)13-7-8-4-5-8/h1-3,6,8,13H,4-5,7,12H2. The maximum absolute atomic E-state index is 12.2. The minimum Gasteiger partial charge on any atom is -0.381 e. The summed E-state index contributed by atoms with van der Waals surface area (Å²) < 4.78 is 28.5. The van der Waals surface area contributed by atoms with Gasteiger partial charge in [0.25, 0.3) is 10.0 Å². The molecule has 3 rings (SSSR count). The molecule has 0 aliphatic heterocycles. The Labute approximate surface area is 105 Å². The highest BCUT2D eigenvalue weighted by atomic mass is 32.2. The van der Waals surface area contributed by atoms with Crippen LogP contribution in [-0.4, -0.2) is 24.3 Å². The van der Waals surface area contributed by atoms with Crippen molar-refractivity contribution in [2.45, 2.75) is 17.9 Å². The van der Waals surface area contributed by atoms with Crippen LogP contribution in [0, 0.1) is 5.92 Å². The van der Waals surface area contributed by atoms with E-state index in [1.165, 1.54) is 4.40 Å². The summed E-state index contributed by atoms with van der Waals surface area (Å²) in [6, 6.07) is 5.25. The van der Waals surface area contributed by atoms with Crippen LogP contribution in [0.1, 0.15) is 12.8 Å². The number of nitrogen functional groups attached to an aromatic ring is 1. The number of anilines is 1. The quantitative estimate of drug-likeness (QED) is 0.848. The van der Waals surface area contributed by atoms with Crippen molar-refractivity contribution in [2.75, 3.05) is 12.3 Å². The smallest absolute Gasteiger partial charge is 0.260 e. The number of hydrogen-bond donors (Lipinski definition) is 2. The molecule has 18 heavy (non-hydrogen) atoms. The molecule has 0 atom stereocenters. The van der Waals surface area contributed by atoms with Crippen molar-refractivity contribution in [3.63, 3.8) is 0 Å². The molecule has 7 heteroatoms. The monoisotopic (exact) mass is 266 g/mol. The van der Waals surface area contributed by atoms with E-state index in [1.807, 2.05) is 0 Å². The highest BCUT2D eigenvalue weighted by molar-refractivity contribution is 7.89. The zero-order valence-corrected chi connectivity index (χ0v) is 10.5. The second-order valence-electron chi connectivity index (χ2n) is 4.53. The van der Waals surface area contributed by atoms with Gasteiger partial charge in [0, 0.05) is 12.7 Å². The summed E-state index contributed by atoms with van der Waals surface area (Å²) in [5.74, 6) is 0.504. The molecule has 0 radical (unpaired) electrons. The van der Waals surface area contributed by atoms with Gasteiger partial charge >= 0.3 is 0 Å². The maximum atomic E-state index is 12.2. The van der Waals surface area contributed by atoms with Crippen molar-refractivity contribution in [3.8, 4) is 0 Å². The van der Waals surface area contributed by atoms with Crippen molar-refractivity contribution >= 4 is 21.5 Å². The fourth-order valence-corrected chi connectivity index (χ4v) is 3.20. The topological polar surface area (TPSA) is 89.5 Å². The first-order valence-electron chi connectivity index (χ1n) is 5.80. The van der Waals surface area contributed by atoms with Crippen LogP contribution in [0.5, 0.6) is 0 Å². The van der Waals surface area contributed by atoms with Gasteiger partial charge in [-0.05, 0) is 30.9 Å². The number of fused-ring (bicyclic) bond motifs is 1. The number of hydrogen-bond acceptors (Lipinski definition) is 4. The Morgan fingerprint density at radius 2 is 2.22 bits per heavy atom. The Balaban J connectivity index is 2.03. The van der Waals surface area contributed by atoms with E-state index < -0.39 is 10.0 Å². The molecule has 2 heterocycles. The Kier molecular flexibility index (Phi) is 2.53. The third-order valence-electron chi connectivity index (χ3n) is 3.02. The summed E-state index contributed by atoms with van der Waals surface area (Å²) in [6.07, 6.45) is 3.82. The second kappa shape index (κ2) is 3.96. The van der Waals surface area contributed by atoms with Gasteiger partial charge in [0.1, 0.15) is 5.65 Å². The van der Waals surface area contributed by atoms with Crippen LogP contribution >= 0.6 is 0 Å². The lowest BCUT2D eigenvalue weighted by Gasteiger charge is -2.06. The fraction of sp³-hybridized carbons (Fsp3) is 0.364. The molecule has 2 aromatic rings. The van der Waals surface area contributed by atoms with Crippen LogP contribution in [-0.2, 0) is 10.0 Å². The predicted octanol–water partition coefficient (Wildman–Crippen LogP) is 0.605. The number of rotatable bonds is 4. The van der Waals surface area contributed by atoms with E-state index in [9.17, 15) is 8.42 Å². The number of imidazole rings is 1. The SMILES string of the molecule is Nc1nc2ccccn2c1S(=O)(=O)NCC1CC1. The van der Waals surface area contributed by atoms with E-state index in [0.717, 1.165) is 12.8 Å². The van der Waals surface area contributed by atoms with Crippen LogP contribution in [0.3, 0.4) is 0 Å². The molecule has 0 amide bonds. The van der Waals surface area contributed by atoms with Crippen LogP contribution in [0.2, 0.25) is 0 Å². The Morgan fingerprint density at radius 1 is 1.44 bits per heavy atom. The first kappa shape index (κ1) is 11.5. The van der Waals surface area contributed by atoms with E-state index >= 15 is 0 Å². The van der Waals surface area contributed by atoms with Gasteiger partial charge in [0.15, 0.2) is 10.8 Å². The number of nitrogens with two attached hydrogens (primary N) is 1. The van der Waals surface area contributed by atoms with Gasteiger partial charge in [-0.1, -0.05) is 6.07 Å². The zero-order valence-electron chi connectivity index (χ0n) is 9.70. The van der Waals surface area contributed by atoms with E-state index in [0.29, 0.717) is 18.1 Å². The molecule has 3 N–H and O–H groups in total. The average Bonchev–Trinajstić information content (AvgIpc) is 3.07. The Morgan fingerprint density at radius 3 is 2.94 bits per heavy atom. The lowest BCUT2D eigenvalue weighted by atomic mass is 10.4. The van der Waals surface area contributed by atoms with Crippen LogP contribution in [0.4, 0.5) is 5.82 Å². The van der Waals surface area contributed by atoms with Crippen molar-refractivity contribution in [1.82, 2.24) is 14.1 Å². The first-order chi connectivity index (χ1) is 8.58. The van der Waals surface area contributed by atoms with Crippen LogP contribution in [0.15, 0.2) is 29.4 Å². The fourth-order valence-electron chi connectivity index (χ4n) is 1.88. The molecular weight excluding hydrogens is 252 g/mol. The normalized spacial score (nSPS) is 16.2. The van der Waals surface area contributed by atoms with Crippen molar-refractivity contribution in [2.24, 2.45) is 5.92 Å². The van der Waals surface area contributed by atoms with Gasteiger partial charge in [0.2, 0.25) is 0 Å². The van der Waals surface area contributed by atoms with Crippen molar-refractivity contribution < 1.29 is 8.42 Å². The van der Waals surface area contributed by atoms with Crippen molar-refractivity contribution in [3.05, 3.63) is 24.4 Å². The minimum atomic E-state index is -3.60. The molecule has 0 saturated heterocycles. The first-order valence-corrected chi connectivity index (χ1v) is 7.28. The molecule has 6 nitrogen and oxygen atoms in total. The molecule has 0 bridgehead atoms. The molecule has 0 aromatic carbocycles. The summed E-state index contributed by atoms with van der Waals surface area (Å²) >= 11 is 0. The molecule has 0 unspecified atom stereocenters. The molecule has 2 aromatic heterocycles. The van der Waals surface area contributed by atoms with Gasteiger partial charge in [-0.2, -0.15) is 0 Å². The largest absolute Gasteiger partial charge is 0.381 e. The third kappa shape index (κ3) is 1.95. The molecular formula is C11H14N4O2S. The predicted molar refractivity (Wildman–Crippen MR) is 67.5 cm³/mol. The number of nitrogens with one attached hydrogen (secondary N) is 1. The number of sulfonamides is 1. The van der Waals surface area contributed by atoms with Gasteiger partial charge in [0.05, 0.1) is 0 Å². The summed E-state index contributed by atoms with van der Waals surface area (Å²) in [6.45, 7) is 0.474. The summed E-state index contributed by atoms with van der Waals surface area (Å²) in [4.78, 5) is 4.04. The summed E-state index contributed by atoms with van der Waals surface area (Å²) in [5, 5.41) is 0.0266. The highest BCUT2D eigenvalue weighted by Crippen LogP contribution is 2.28. The summed E-state index contributed by atoms with van der Waals surface area (Å²) in [7, 11) is -3.60. The van der Waals surface area contributed by atoms with Gasteiger partial charge < -0.3 is 5.73 Å². The lowest BCUT2D eigenvalue weighted by molar-refractivity contribution is 0.573. The minimum absolute atomic E-state index is 0.0266. The molecule has 1 aliphatic carbocycles. The molecule has 1 aliphatic rings. The van der Waals surface area contributed by atoms with E-state index in [-0.39, 0.29) is 10.8 Å². The molecule has 0 spiro atoms. The summed E-state index contributed by atoms with van der Waals surface area (Å²) in [5.41, 5.74) is 6.24. The highest BCUT2D eigenvalue weighted by Gasteiger charge is 2.27. The molecule has 1 saturated carbocycles. The third-order valence-corrected chi connectivity index (χ3v) is 4.49. The Bertz CT molecular complexity index is 688. The van der Waals surface area contributed by atoms with Crippen LogP contribution in [0.25, 0.3) is 5.65 Å². The number of nitrogens with zero attached hydrogens (tertiary/aromatic N) is 2. The molecule has 96 valence electrons. The Hall–Kier alpha value is -1.60. The van der Waals surface area contributed by atoms with Crippen LogP contribution < -0.4 is 10.5 Å². The lowest BCUT2D eigenvalue weighted by Crippen LogP contribution is -2.27. The van der Waals surface area contributed by atoms with Crippen molar-refractivity contribution in [1.29, 1.82) is 0 Å². The van der Waals surface area contributed by atoms with E-state index in [2.05, 4.69) is 9.71 Å². The number of aromatic nitrogens is 2. The second-order valence-corrected chi connectivity index (χ2v) is 6.21. The zero-order chi connectivity index (χ0) is 12.8. The number of pyridine rings is 1. The van der Waals surface area contributed by atoms with Gasteiger partial charge in [-0.25, -0.2) is 18.1 Å². The molecule has 1 fully saturated rings. The van der Waals surface area contributed by atoms with Gasteiger partial charge in [-0.15, -0.1) is 0 Å². The van der Waals surface area contributed by atoms with E-state index in [4.69, 9.17) is 5.73 Å². The maximum Gasteiger partial charge on any atom is 0.260 e. The average molecular weight is 266 g/mol.